The van der Waals surface area contributed by atoms with Gasteiger partial charge in [-0.25, -0.2) is 0 Å². The molecule has 4 rings (SSSR count). The largest absolute Gasteiger partial charge is 0.458 e. The number of alkyl halides is 1. The highest BCUT2D eigenvalue weighted by atomic mass is 79.9. The molecule has 0 aliphatic heterocycles. The van der Waals surface area contributed by atoms with E-state index in [4.69, 9.17) is 4.74 Å². The Kier molecular flexibility index (Phi) is 4.84. The van der Waals surface area contributed by atoms with E-state index in [9.17, 15) is 14.4 Å². The van der Waals surface area contributed by atoms with Crippen molar-refractivity contribution in [2.75, 3.05) is 6.61 Å². The number of esters is 1. The molecule has 4 aliphatic carbocycles. The molecule has 0 amide bonds. The Bertz CT molecular complexity index is 883. The van der Waals surface area contributed by atoms with E-state index >= 15 is 0 Å². The molecule has 6 atom stereocenters. The smallest absolute Gasteiger partial charge is 0.303 e. The van der Waals surface area contributed by atoms with Gasteiger partial charge in [-0.2, -0.15) is 0 Å². The highest BCUT2D eigenvalue weighted by Crippen LogP contribution is 2.68. The number of hydrogen-bond acceptors (Lipinski definition) is 4. The van der Waals surface area contributed by atoms with Gasteiger partial charge >= 0.3 is 5.97 Å². The fraction of sp³-hybridized carbons (Fsp3) is 0.625. The van der Waals surface area contributed by atoms with Crippen molar-refractivity contribution in [3.63, 3.8) is 0 Å². The number of halogens is 1. The molecule has 4 nitrogen and oxygen atoms in total. The van der Waals surface area contributed by atoms with E-state index < -0.39 is 10.3 Å². The van der Waals surface area contributed by atoms with E-state index in [0.29, 0.717) is 11.8 Å². The summed E-state index contributed by atoms with van der Waals surface area (Å²) >= 11 is 3.89. The summed E-state index contributed by atoms with van der Waals surface area (Å²) in [6.45, 7) is 7.75. The minimum absolute atomic E-state index is 0.0344. The first kappa shape index (κ1) is 20.8. The fourth-order valence-electron chi connectivity index (χ4n) is 6.70. The Morgan fingerprint density at radius 2 is 2.03 bits per heavy atom. The van der Waals surface area contributed by atoms with Gasteiger partial charge in [0.1, 0.15) is 0 Å². The van der Waals surface area contributed by atoms with Crippen molar-refractivity contribution in [2.45, 2.75) is 57.7 Å². The van der Waals surface area contributed by atoms with Crippen molar-refractivity contribution in [1.29, 1.82) is 0 Å². The second kappa shape index (κ2) is 6.76. The molecule has 0 saturated heterocycles. The van der Waals surface area contributed by atoms with Gasteiger partial charge in [0, 0.05) is 12.3 Å². The van der Waals surface area contributed by atoms with Crippen LogP contribution in [-0.2, 0) is 19.1 Å². The summed E-state index contributed by atoms with van der Waals surface area (Å²) in [5.41, 5.74) is 2.22. The van der Waals surface area contributed by atoms with Crippen LogP contribution in [0.15, 0.2) is 35.5 Å². The van der Waals surface area contributed by atoms with Crippen molar-refractivity contribution >= 4 is 33.5 Å². The second-order valence-corrected chi connectivity index (χ2v) is 10.9. The lowest BCUT2D eigenvalue weighted by atomic mass is 9.52. The summed E-state index contributed by atoms with van der Waals surface area (Å²) in [5.74, 6) is 0.557. The minimum Gasteiger partial charge on any atom is -0.458 e. The van der Waals surface area contributed by atoms with Gasteiger partial charge in [-0.15, -0.1) is 0 Å². The van der Waals surface area contributed by atoms with Crippen LogP contribution in [0, 0.1) is 28.6 Å². The zero-order valence-corrected chi connectivity index (χ0v) is 19.2. The van der Waals surface area contributed by atoms with Gasteiger partial charge < -0.3 is 4.74 Å². The van der Waals surface area contributed by atoms with Crippen LogP contribution in [-0.4, -0.2) is 28.5 Å². The van der Waals surface area contributed by atoms with E-state index in [1.165, 1.54) is 18.1 Å². The van der Waals surface area contributed by atoms with Gasteiger partial charge in [-0.3, -0.25) is 14.4 Å². The third-order valence-electron chi connectivity index (χ3n) is 8.27. The molecule has 0 heterocycles. The number of ketones is 2. The molecule has 0 bridgehead atoms. The van der Waals surface area contributed by atoms with E-state index in [0.717, 1.165) is 25.7 Å². The topological polar surface area (TPSA) is 60.4 Å². The molecule has 0 N–H and O–H groups in total. The number of carbonyl (C=O) groups is 3. The first-order valence-corrected chi connectivity index (χ1v) is 11.3. The molecule has 0 radical (unpaired) electrons. The number of fused-ring (bicyclic) bond motifs is 5. The highest BCUT2D eigenvalue weighted by Gasteiger charge is 2.66. The number of ether oxygens (including phenoxy) is 1. The van der Waals surface area contributed by atoms with Crippen LogP contribution in [0.5, 0.6) is 0 Å². The van der Waals surface area contributed by atoms with E-state index in [2.05, 4.69) is 48.9 Å². The first-order valence-electron chi connectivity index (χ1n) is 10.5. The van der Waals surface area contributed by atoms with E-state index in [-0.39, 0.29) is 34.9 Å². The van der Waals surface area contributed by atoms with Crippen LogP contribution in [0.2, 0.25) is 0 Å². The Morgan fingerprint density at radius 1 is 1.31 bits per heavy atom. The minimum atomic E-state index is -0.697. The van der Waals surface area contributed by atoms with Crippen molar-refractivity contribution in [1.82, 2.24) is 0 Å². The molecular formula is C24H29BrO4. The molecule has 2 fully saturated rings. The quantitative estimate of drug-likeness (QED) is 0.347. The average molecular weight is 461 g/mol. The van der Waals surface area contributed by atoms with Crippen molar-refractivity contribution in [3.05, 3.63) is 35.5 Å². The predicted octanol–water partition coefficient (Wildman–Crippen LogP) is 4.73. The molecule has 4 aliphatic rings. The summed E-state index contributed by atoms with van der Waals surface area (Å²) in [5, 5.41) is 0. The predicted molar refractivity (Wildman–Crippen MR) is 114 cm³/mol. The van der Waals surface area contributed by atoms with E-state index in [1.807, 2.05) is 6.08 Å². The summed E-state index contributed by atoms with van der Waals surface area (Å²) in [6, 6.07) is 0. The van der Waals surface area contributed by atoms with Crippen LogP contribution in [0.1, 0.15) is 53.4 Å². The number of hydrogen-bond donors (Lipinski definition) is 0. The number of rotatable bonds is 3. The fourth-order valence-corrected chi connectivity index (χ4v) is 7.46. The first-order chi connectivity index (χ1) is 13.5. The number of Topliss-reactive ketones (excluding diaryl/α,β-unsaturated/α-hetero) is 1. The molecule has 29 heavy (non-hydrogen) atoms. The van der Waals surface area contributed by atoms with Crippen LogP contribution in [0.25, 0.3) is 0 Å². The normalized spacial score (nSPS) is 42.9. The monoisotopic (exact) mass is 460 g/mol. The van der Waals surface area contributed by atoms with Gasteiger partial charge in [-0.05, 0) is 67.9 Å². The Labute approximate surface area is 181 Å². The maximum atomic E-state index is 13.2. The molecule has 1 unspecified atom stereocenters. The maximum Gasteiger partial charge on any atom is 0.303 e. The molecule has 2 saturated carbocycles. The lowest BCUT2D eigenvalue weighted by Gasteiger charge is -2.53. The Balaban J connectivity index is 1.71. The van der Waals surface area contributed by atoms with Crippen molar-refractivity contribution < 1.29 is 19.1 Å². The van der Waals surface area contributed by atoms with Gasteiger partial charge in [0.05, 0.1) is 4.32 Å². The van der Waals surface area contributed by atoms with E-state index in [1.54, 1.807) is 6.08 Å². The maximum absolute atomic E-state index is 13.2. The summed E-state index contributed by atoms with van der Waals surface area (Å²) in [7, 11) is 0. The van der Waals surface area contributed by atoms with Gasteiger partial charge in [0.25, 0.3) is 0 Å². The summed E-state index contributed by atoms with van der Waals surface area (Å²) in [6.07, 6.45) is 11.6. The molecule has 0 aromatic rings. The van der Waals surface area contributed by atoms with Crippen molar-refractivity contribution in [2.24, 2.45) is 28.6 Å². The molecule has 156 valence electrons. The zero-order chi connectivity index (χ0) is 21.2. The van der Waals surface area contributed by atoms with Gasteiger partial charge in [0.2, 0.25) is 0 Å². The summed E-state index contributed by atoms with van der Waals surface area (Å²) in [4.78, 5) is 36.4. The third-order valence-corrected chi connectivity index (χ3v) is 10.4. The second-order valence-electron chi connectivity index (χ2n) is 9.69. The molecule has 0 spiro atoms. The SMILES string of the molecule is CC(=O)OCC(=O)[C@@]1(Br)C(C)C[C@H]2[C@@H]3CCC4=CC(=O)C=C[C@]4(C)C3=CC[C@@]21C. The Morgan fingerprint density at radius 3 is 2.72 bits per heavy atom. The van der Waals surface area contributed by atoms with Gasteiger partial charge in [-0.1, -0.05) is 53.1 Å². The lowest BCUT2D eigenvalue weighted by Crippen LogP contribution is -2.53. The number of allylic oxidation sites excluding steroid dienone is 6. The van der Waals surface area contributed by atoms with Gasteiger partial charge in [0.15, 0.2) is 18.2 Å². The standard InChI is InChI=1S/C24H29BrO4/c1-14-11-20-18-6-5-16-12-17(27)7-9-22(16,3)19(18)8-10-23(20,4)24(14,25)21(28)13-29-15(2)26/h7-9,12,14,18,20H,5-6,10-11,13H2,1-4H3/t14?,18-,20+,22+,23+,24+/m1/s1. The van der Waals surface area contributed by atoms with Crippen LogP contribution >= 0.6 is 15.9 Å². The average Bonchev–Trinajstić information content (AvgIpc) is 2.88. The molecule has 0 aromatic carbocycles. The van der Waals surface area contributed by atoms with Crippen LogP contribution in [0.3, 0.4) is 0 Å². The van der Waals surface area contributed by atoms with Crippen LogP contribution < -0.4 is 0 Å². The highest BCUT2D eigenvalue weighted by molar-refractivity contribution is 9.10. The van der Waals surface area contributed by atoms with Crippen molar-refractivity contribution in [3.8, 4) is 0 Å². The lowest BCUT2D eigenvalue weighted by molar-refractivity contribution is -0.147. The third kappa shape index (κ3) is 2.79. The number of carbonyl (C=O) groups excluding carboxylic acids is 3. The molecular weight excluding hydrogens is 432 g/mol. The molecule has 0 aromatic heterocycles. The van der Waals surface area contributed by atoms with Crippen LogP contribution in [0.4, 0.5) is 0 Å². The Hall–Kier alpha value is -1.49. The molecule has 5 heteroatoms. The zero-order valence-electron chi connectivity index (χ0n) is 17.6. The summed E-state index contributed by atoms with van der Waals surface area (Å²) < 4.78 is 4.38.